The van der Waals surface area contributed by atoms with Crippen molar-refractivity contribution in [1.29, 1.82) is 0 Å². The minimum absolute atomic E-state index is 0.0370. The monoisotopic (exact) mass is 318 g/mol. The molecule has 1 aliphatic heterocycles. The van der Waals surface area contributed by atoms with E-state index in [1.54, 1.807) is 6.07 Å². The molecular weight excluding hydrogens is 301 g/mol. The highest BCUT2D eigenvalue weighted by Gasteiger charge is 2.30. The normalized spacial score (nSPS) is 23.0. The smallest absolute Gasteiger partial charge is 0.372 e. The number of nitrogens with one attached hydrogen (secondary N) is 1. The Morgan fingerprint density at radius 3 is 2.48 bits per heavy atom. The molecule has 21 heavy (non-hydrogen) atoms. The van der Waals surface area contributed by atoms with Crippen LogP contribution in [-0.4, -0.2) is 35.3 Å². The van der Waals surface area contributed by atoms with Gasteiger partial charge in [0, 0.05) is 18.8 Å². The molecule has 7 heteroatoms. The van der Waals surface area contributed by atoms with Crippen molar-refractivity contribution in [2.75, 3.05) is 18.4 Å². The van der Waals surface area contributed by atoms with Crippen LogP contribution >= 0.6 is 12.2 Å². The standard InChI is InChI=1S/C14H17F3N2OS/c1-9-7-19(8-10(2)20-9)13(21)18-12-5-3-4-11(6-12)14(15,16)17/h3-6,9-10H,7-8H2,1-2H3,(H,18,21)/t9-,10-/m1/s1. The second kappa shape index (κ2) is 6.19. The van der Waals surface area contributed by atoms with Crippen LogP contribution in [-0.2, 0) is 10.9 Å². The van der Waals surface area contributed by atoms with Gasteiger partial charge in [-0.1, -0.05) is 6.07 Å². The largest absolute Gasteiger partial charge is 0.416 e. The van der Waals surface area contributed by atoms with Crippen LogP contribution < -0.4 is 5.32 Å². The van der Waals surface area contributed by atoms with Crippen molar-refractivity contribution >= 4 is 23.0 Å². The van der Waals surface area contributed by atoms with E-state index in [1.165, 1.54) is 6.07 Å². The first-order chi connectivity index (χ1) is 9.75. The van der Waals surface area contributed by atoms with Crippen molar-refractivity contribution in [1.82, 2.24) is 4.90 Å². The van der Waals surface area contributed by atoms with Crippen molar-refractivity contribution < 1.29 is 17.9 Å². The number of halogens is 3. The van der Waals surface area contributed by atoms with Crippen LogP contribution in [0.4, 0.5) is 18.9 Å². The molecule has 0 spiro atoms. The molecule has 1 aromatic rings. The highest BCUT2D eigenvalue weighted by atomic mass is 32.1. The third-order valence-electron chi connectivity index (χ3n) is 3.15. The Kier molecular flexibility index (Phi) is 4.73. The fraction of sp³-hybridized carbons (Fsp3) is 0.500. The lowest BCUT2D eigenvalue weighted by molar-refractivity contribution is -0.137. The maximum atomic E-state index is 12.7. The zero-order valence-corrected chi connectivity index (χ0v) is 12.6. The number of benzene rings is 1. The van der Waals surface area contributed by atoms with Gasteiger partial charge in [0.05, 0.1) is 17.8 Å². The van der Waals surface area contributed by atoms with E-state index in [9.17, 15) is 13.2 Å². The second-order valence-corrected chi connectivity index (χ2v) is 5.56. The van der Waals surface area contributed by atoms with Gasteiger partial charge in [-0.2, -0.15) is 13.2 Å². The summed E-state index contributed by atoms with van der Waals surface area (Å²) in [7, 11) is 0. The number of ether oxygens (including phenoxy) is 1. The Morgan fingerprint density at radius 2 is 1.90 bits per heavy atom. The molecule has 2 rings (SSSR count). The van der Waals surface area contributed by atoms with Crippen LogP contribution in [0, 0.1) is 0 Å². The van der Waals surface area contributed by atoms with E-state index in [1.807, 2.05) is 18.7 Å². The van der Waals surface area contributed by atoms with Gasteiger partial charge >= 0.3 is 6.18 Å². The molecule has 0 bridgehead atoms. The van der Waals surface area contributed by atoms with Crippen molar-refractivity contribution in [3.63, 3.8) is 0 Å². The second-order valence-electron chi connectivity index (χ2n) is 5.17. The molecule has 116 valence electrons. The number of hydrogen-bond donors (Lipinski definition) is 1. The van der Waals surface area contributed by atoms with Crippen LogP contribution in [0.15, 0.2) is 24.3 Å². The third-order valence-corrected chi connectivity index (χ3v) is 3.51. The summed E-state index contributed by atoms with van der Waals surface area (Å²) in [5.74, 6) is 0. The first kappa shape index (κ1) is 16.0. The van der Waals surface area contributed by atoms with Crippen LogP contribution in [0.1, 0.15) is 19.4 Å². The maximum Gasteiger partial charge on any atom is 0.416 e. The van der Waals surface area contributed by atoms with Crippen molar-refractivity contribution in [2.45, 2.75) is 32.2 Å². The van der Waals surface area contributed by atoms with Crippen LogP contribution in [0.2, 0.25) is 0 Å². The first-order valence-electron chi connectivity index (χ1n) is 6.64. The van der Waals surface area contributed by atoms with Gasteiger partial charge in [0.1, 0.15) is 0 Å². The molecule has 1 aromatic carbocycles. The molecule has 0 aromatic heterocycles. The lowest BCUT2D eigenvalue weighted by atomic mass is 10.2. The van der Waals surface area contributed by atoms with Gasteiger partial charge in [-0.25, -0.2) is 0 Å². The van der Waals surface area contributed by atoms with Gasteiger partial charge in [-0.05, 0) is 44.3 Å². The van der Waals surface area contributed by atoms with Gasteiger partial charge < -0.3 is 15.0 Å². The zero-order valence-electron chi connectivity index (χ0n) is 11.8. The van der Waals surface area contributed by atoms with Gasteiger partial charge in [-0.3, -0.25) is 0 Å². The van der Waals surface area contributed by atoms with Gasteiger partial charge in [0.25, 0.3) is 0 Å². The SMILES string of the molecule is C[C@@H]1CN(C(=S)Nc2cccc(C(F)(F)F)c2)C[C@@H](C)O1. The summed E-state index contributed by atoms with van der Waals surface area (Å²) < 4.78 is 43.6. The van der Waals surface area contributed by atoms with E-state index < -0.39 is 11.7 Å². The molecule has 2 atom stereocenters. The molecule has 0 saturated carbocycles. The fourth-order valence-corrected chi connectivity index (χ4v) is 2.59. The molecule has 0 aliphatic carbocycles. The number of morpholine rings is 1. The average Bonchev–Trinajstić information content (AvgIpc) is 2.37. The summed E-state index contributed by atoms with van der Waals surface area (Å²) in [6.45, 7) is 5.12. The van der Waals surface area contributed by atoms with E-state index in [-0.39, 0.29) is 12.2 Å². The Labute approximate surface area is 127 Å². The summed E-state index contributed by atoms with van der Waals surface area (Å²) in [6, 6.07) is 5.01. The Balaban J connectivity index is 2.06. The number of alkyl halides is 3. The van der Waals surface area contributed by atoms with E-state index in [0.29, 0.717) is 23.9 Å². The summed E-state index contributed by atoms with van der Waals surface area (Å²) in [4.78, 5) is 1.91. The summed E-state index contributed by atoms with van der Waals surface area (Å²) in [5, 5.41) is 3.28. The first-order valence-corrected chi connectivity index (χ1v) is 7.05. The third kappa shape index (κ3) is 4.31. The van der Waals surface area contributed by atoms with Crippen LogP contribution in [0.25, 0.3) is 0 Å². The van der Waals surface area contributed by atoms with Gasteiger partial charge in [0.2, 0.25) is 0 Å². The Hall–Kier alpha value is -1.34. The van der Waals surface area contributed by atoms with Crippen LogP contribution in [0.3, 0.4) is 0 Å². The predicted molar refractivity (Wildman–Crippen MR) is 79.2 cm³/mol. The molecule has 1 saturated heterocycles. The lowest BCUT2D eigenvalue weighted by Crippen LogP contribution is -2.49. The zero-order chi connectivity index (χ0) is 15.6. The highest BCUT2D eigenvalue weighted by molar-refractivity contribution is 7.80. The number of anilines is 1. The Morgan fingerprint density at radius 1 is 1.29 bits per heavy atom. The fourth-order valence-electron chi connectivity index (χ4n) is 2.32. The molecule has 0 amide bonds. The minimum Gasteiger partial charge on any atom is -0.372 e. The molecule has 1 heterocycles. The quantitative estimate of drug-likeness (QED) is 0.801. The predicted octanol–water partition coefficient (Wildman–Crippen LogP) is 3.51. The van der Waals surface area contributed by atoms with Crippen molar-refractivity contribution in [2.24, 2.45) is 0 Å². The number of thiocarbonyl (C=S) groups is 1. The number of hydrogen-bond acceptors (Lipinski definition) is 2. The molecule has 1 fully saturated rings. The molecule has 0 radical (unpaired) electrons. The van der Waals surface area contributed by atoms with E-state index in [4.69, 9.17) is 17.0 Å². The summed E-state index contributed by atoms with van der Waals surface area (Å²) in [5.41, 5.74) is -0.361. The molecule has 3 nitrogen and oxygen atoms in total. The van der Waals surface area contributed by atoms with E-state index in [2.05, 4.69) is 5.32 Å². The van der Waals surface area contributed by atoms with Crippen LogP contribution in [0.5, 0.6) is 0 Å². The highest BCUT2D eigenvalue weighted by Crippen LogP contribution is 2.30. The lowest BCUT2D eigenvalue weighted by Gasteiger charge is -2.36. The summed E-state index contributed by atoms with van der Waals surface area (Å²) in [6.07, 6.45) is -4.29. The molecule has 1 aliphatic rings. The molecular formula is C14H17F3N2OS. The van der Waals surface area contributed by atoms with E-state index >= 15 is 0 Å². The average molecular weight is 318 g/mol. The van der Waals surface area contributed by atoms with Crippen molar-refractivity contribution in [3.8, 4) is 0 Å². The topological polar surface area (TPSA) is 24.5 Å². The minimum atomic E-state index is -4.36. The number of nitrogens with zero attached hydrogens (tertiary/aromatic N) is 1. The molecule has 0 unspecified atom stereocenters. The van der Waals surface area contributed by atoms with Gasteiger partial charge in [-0.15, -0.1) is 0 Å². The summed E-state index contributed by atoms with van der Waals surface area (Å²) >= 11 is 5.28. The van der Waals surface area contributed by atoms with Crippen molar-refractivity contribution in [3.05, 3.63) is 29.8 Å². The maximum absolute atomic E-state index is 12.7. The van der Waals surface area contributed by atoms with Gasteiger partial charge in [0.15, 0.2) is 5.11 Å². The molecule has 1 N–H and O–H groups in total. The van der Waals surface area contributed by atoms with E-state index in [0.717, 1.165) is 12.1 Å². The Bertz CT molecular complexity index is 511. The number of rotatable bonds is 1.